The van der Waals surface area contributed by atoms with Crippen molar-refractivity contribution in [3.63, 3.8) is 0 Å². The first-order chi connectivity index (χ1) is 10.8. The van der Waals surface area contributed by atoms with Crippen LogP contribution >= 0.6 is 0 Å². The molecule has 2 aromatic heterocycles. The van der Waals surface area contributed by atoms with Crippen molar-refractivity contribution >= 4 is 27.5 Å². The van der Waals surface area contributed by atoms with E-state index < -0.39 is 38.3 Å². The molecule has 23 heavy (non-hydrogen) atoms. The third-order valence-corrected chi connectivity index (χ3v) is 4.68. The molecule has 1 amide bonds. The molecule has 0 bridgehead atoms. The van der Waals surface area contributed by atoms with Gasteiger partial charge < -0.3 is 4.74 Å². The Morgan fingerprint density at radius 3 is 2.70 bits per heavy atom. The van der Waals surface area contributed by atoms with E-state index in [1.54, 1.807) is 22.9 Å². The van der Waals surface area contributed by atoms with Crippen LogP contribution in [0.2, 0.25) is 0 Å². The van der Waals surface area contributed by atoms with Gasteiger partial charge in [-0.1, -0.05) is 6.07 Å². The summed E-state index contributed by atoms with van der Waals surface area (Å²) < 4.78 is 30.9. The van der Waals surface area contributed by atoms with Crippen LogP contribution in [-0.2, 0) is 19.6 Å². The van der Waals surface area contributed by atoms with E-state index in [1.807, 2.05) is 0 Å². The van der Waals surface area contributed by atoms with Crippen LogP contribution in [0.15, 0.2) is 35.4 Å². The summed E-state index contributed by atoms with van der Waals surface area (Å²) in [6, 6.07) is 4.77. The monoisotopic (exact) mass is 339 g/mol. The standard InChI is InChI=1S/C13H13N3O6S/c1-8(13(19)22-2)23(20,21)15-11(17)9-7-14-10-5-3-4-6-16(10)12(9)18/h3-8H,1-2H3,(H,15,17)/t8-/m0/s1. The SMILES string of the molecule is COC(=O)[C@H](C)S(=O)(=O)NC(=O)c1cnc2ccccn2c1=O. The van der Waals surface area contributed by atoms with Crippen molar-refractivity contribution in [1.82, 2.24) is 14.1 Å². The zero-order chi connectivity index (χ0) is 17.2. The smallest absolute Gasteiger partial charge is 0.325 e. The van der Waals surface area contributed by atoms with Crippen LogP contribution in [0.4, 0.5) is 0 Å². The number of ether oxygens (including phenoxy) is 1. The lowest BCUT2D eigenvalue weighted by Gasteiger charge is -2.11. The van der Waals surface area contributed by atoms with E-state index in [4.69, 9.17) is 0 Å². The average Bonchev–Trinajstić information content (AvgIpc) is 2.53. The minimum atomic E-state index is -4.34. The molecule has 1 N–H and O–H groups in total. The molecule has 0 saturated carbocycles. The molecule has 0 spiro atoms. The Kier molecular flexibility index (Phi) is 4.45. The first-order valence-electron chi connectivity index (χ1n) is 6.38. The number of nitrogens with one attached hydrogen (secondary N) is 1. The molecule has 2 heterocycles. The van der Waals surface area contributed by atoms with Crippen molar-refractivity contribution in [3.8, 4) is 0 Å². The third kappa shape index (κ3) is 3.21. The van der Waals surface area contributed by atoms with E-state index in [2.05, 4.69) is 9.72 Å². The van der Waals surface area contributed by atoms with E-state index in [1.165, 1.54) is 6.20 Å². The van der Waals surface area contributed by atoms with Crippen molar-refractivity contribution in [2.75, 3.05) is 7.11 Å². The van der Waals surface area contributed by atoms with Crippen molar-refractivity contribution in [3.05, 3.63) is 46.5 Å². The zero-order valence-electron chi connectivity index (χ0n) is 12.2. The van der Waals surface area contributed by atoms with E-state index in [0.717, 1.165) is 24.6 Å². The Morgan fingerprint density at radius 2 is 2.04 bits per heavy atom. The Balaban J connectivity index is 2.37. The van der Waals surface area contributed by atoms with Crippen LogP contribution in [0.25, 0.3) is 5.65 Å². The predicted octanol–water partition coefficient (Wildman–Crippen LogP) is -0.684. The molecule has 0 radical (unpaired) electrons. The van der Waals surface area contributed by atoms with Crippen LogP contribution in [0.1, 0.15) is 17.3 Å². The summed E-state index contributed by atoms with van der Waals surface area (Å²) in [4.78, 5) is 39.4. The first-order valence-corrected chi connectivity index (χ1v) is 7.92. The summed E-state index contributed by atoms with van der Waals surface area (Å²) in [7, 11) is -3.32. The molecular formula is C13H13N3O6S. The summed E-state index contributed by atoms with van der Waals surface area (Å²) in [5.41, 5.74) is -0.886. The van der Waals surface area contributed by atoms with Crippen LogP contribution in [-0.4, -0.2) is 42.0 Å². The maximum absolute atomic E-state index is 12.2. The minimum absolute atomic E-state index is 0.305. The summed E-state index contributed by atoms with van der Waals surface area (Å²) in [6.45, 7) is 1.06. The highest BCUT2D eigenvalue weighted by molar-refractivity contribution is 7.91. The number of pyridine rings is 1. The Morgan fingerprint density at radius 1 is 1.35 bits per heavy atom. The lowest BCUT2D eigenvalue weighted by atomic mass is 10.3. The van der Waals surface area contributed by atoms with E-state index in [9.17, 15) is 22.8 Å². The van der Waals surface area contributed by atoms with Crippen molar-refractivity contribution in [2.45, 2.75) is 12.2 Å². The number of fused-ring (bicyclic) bond motifs is 1. The molecule has 0 aliphatic heterocycles. The third-order valence-electron chi connectivity index (χ3n) is 3.09. The quantitative estimate of drug-likeness (QED) is 0.732. The number of hydrogen-bond acceptors (Lipinski definition) is 7. The second-order valence-corrected chi connectivity index (χ2v) is 6.55. The number of carbonyl (C=O) groups excluding carboxylic acids is 2. The van der Waals surface area contributed by atoms with E-state index in [0.29, 0.717) is 5.65 Å². The van der Waals surface area contributed by atoms with Gasteiger partial charge in [0.15, 0.2) is 5.25 Å². The van der Waals surface area contributed by atoms with Gasteiger partial charge in [-0.05, 0) is 19.1 Å². The van der Waals surface area contributed by atoms with Crippen LogP contribution < -0.4 is 10.3 Å². The molecule has 0 fully saturated rings. The number of rotatable bonds is 4. The van der Waals surface area contributed by atoms with Gasteiger partial charge in [-0.15, -0.1) is 0 Å². The average molecular weight is 339 g/mol. The molecule has 9 nitrogen and oxygen atoms in total. The highest BCUT2D eigenvalue weighted by Crippen LogP contribution is 2.03. The minimum Gasteiger partial charge on any atom is -0.468 e. The van der Waals surface area contributed by atoms with Crippen molar-refractivity contribution < 1.29 is 22.7 Å². The van der Waals surface area contributed by atoms with Gasteiger partial charge in [0.05, 0.1) is 7.11 Å². The maximum Gasteiger partial charge on any atom is 0.325 e. The summed E-state index contributed by atoms with van der Waals surface area (Å²) in [5, 5.41) is -1.60. The predicted molar refractivity (Wildman–Crippen MR) is 79.3 cm³/mol. The zero-order valence-corrected chi connectivity index (χ0v) is 13.0. The summed E-state index contributed by atoms with van der Waals surface area (Å²) >= 11 is 0. The van der Waals surface area contributed by atoms with Gasteiger partial charge in [0.2, 0.25) is 10.0 Å². The number of methoxy groups -OCH3 is 1. The Hall–Kier alpha value is -2.75. The molecule has 122 valence electrons. The number of sulfonamides is 1. The number of aromatic nitrogens is 2. The lowest BCUT2D eigenvalue weighted by molar-refractivity contribution is -0.139. The molecule has 0 aromatic carbocycles. The first kappa shape index (κ1) is 16.6. The summed E-state index contributed by atoms with van der Waals surface area (Å²) in [6.07, 6.45) is 2.37. The fraction of sp³-hybridized carbons (Fsp3) is 0.231. The van der Waals surface area contributed by atoms with Crippen LogP contribution in [0.3, 0.4) is 0 Å². The fourth-order valence-electron chi connectivity index (χ4n) is 1.75. The summed E-state index contributed by atoms with van der Waals surface area (Å²) in [5.74, 6) is -2.20. The van der Waals surface area contributed by atoms with Crippen molar-refractivity contribution in [2.24, 2.45) is 0 Å². The molecule has 2 rings (SSSR count). The number of hydrogen-bond donors (Lipinski definition) is 1. The lowest BCUT2D eigenvalue weighted by Crippen LogP contribution is -2.43. The van der Waals surface area contributed by atoms with Gasteiger partial charge in [-0.3, -0.25) is 18.8 Å². The highest BCUT2D eigenvalue weighted by atomic mass is 32.2. The molecule has 1 atom stereocenters. The second-order valence-electron chi connectivity index (χ2n) is 4.55. The molecule has 0 unspecified atom stereocenters. The van der Waals surface area contributed by atoms with Crippen LogP contribution in [0.5, 0.6) is 0 Å². The van der Waals surface area contributed by atoms with E-state index in [-0.39, 0.29) is 0 Å². The number of esters is 1. The largest absolute Gasteiger partial charge is 0.468 e. The normalized spacial score (nSPS) is 12.6. The molecule has 0 saturated heterocycles. The van der Waals surface area contributed by atoms with Gasteiger partial charge in [0, 0.05) is 12.4 Å². The van der Waals surface area contributed by atoms with Gasteiger partial charge in [0.25, 0.3) is 11.5 Å². The molecule has 0 aliphatic rings. The molecule has 0 aliphatic carbocycles. The van der Waals surface area contributed by atoms with Crippen LogP contribution in [0, 0.1) is 0 Å². The Labute approximate surface area is 131 Å². The van der Waals surface area contributed by atoms with Gasteiger partial charge in [-0.25, -0.2) is 18.1 Å². The number of carbonyl (C=O) groups is 2. The topological polar surface area (TPSA) is 124 Å². The number of nitrogens with zero attached hydrogens (tertiary/aromatic N) is 2. The molecular weight excluding hydrogens is 326 g/mol. The van der Waals surface area contributed by atoms with Gasteiger partial charge in [-0.2, -0.15) is 0 Å². The number of amides is 1. The van der Waals surface area contributed by atoms with Crippen molar-refractivity contribution in [1.29, 1.82) is 0 Å². The fourth-order valence-corrected chi connectivity index (χ4v) is 2.64. The van der Waals surface area contributed by atoms with E-state index >= 15 is 0 Å². The van der Waals surface area contributed by atoms with Gasteiger partial charge >= 0.3 is 5.97 Å². The molecule has 10 heteroatoms. The second kappa shape index (κ2) is 6.16. The molecule has 2 aromatic rings. The maximum atomic E-state index is 12.2. The highest BCUT2D eigenvalue weighted by Gasteiger charge is 2.31. The Bertz CT molecular complexity index is 934. The van der Waals surface area contributed by atoms with Gasteiger partial charge in [0.1, 0.15) is 11.2 Å².